The molecule has 1 amide bonds. The van der Waals surface area contributed by atoms with Crippen molar-refractivity contribution in [3.63, 3.8) is 0 Å². The number of aryl methyl sites for hydroxylation is 1. The van der Waals surface area contributed by atoms with Crippen LogP contribution < -0.4 is 10.5 Å². The molecular formula is C14H11N2O4-. The summed E-state index contributed by atoms with van der Waals surface area (Å²) in [6.45, 7) is 1.68. The van der Waals surface area contributed by atoms with E-state index >= 15 is 0 Å². The lowest BCUT2D eigenvalue weighted by Gasteiger charge is -2.01. The minimum absolute atomic E-state index is 0.0835. The van der Waals surface area contributed by atoms with Crippen LogP contribution >= 0.6 is 0 Å². The SMILES string of the molecule is Cc1occc1C(=O)N/N=C\c1ccc(C(=O)[O-])cc1. The van der Waals surface area contributed by atoms with E-state index in [-0.39, 0.29) is 11.5 Å². The van der Waals surface area contributed by atoms with E-state index < -0.39 is 5.97 Å². The molecule has 6 nitrogen and oxygen atoms in total. The quantitative estimate of drug-likeness (QED) is 0.654. The average Bonchev–Trinajstić information content (AvgIpc) is 2.85. The van der Waals surface area contributed by atoms with Crippen molar-refractivity contribution in [1.82, 2.24) is 5.43 Å². The monoisotopic (exact) mass is 271 g/mol. The van der Waals surface area contributed by atoms with Crippen molar-refractivity contribution in [2.75, 3.05) is 0 Å². The minimum atomic E-state index is -1.24. The molecule has 0 aliphatic rings. The molecule has 2 aromatic rings. The first-order valence-corrected chi connectivity index (χ1v) is 5.77. The van der Waals surface area contributed by atoms with Gasteiger partial charge in [-0.2, -0.15) is 5.10 Å². The van der Waals surface area contributed by atoms with Crippen LogP contribution in [0.3, 0.4) is 0 Å². The molecule has 0 fully saturated rings. The van der Waals surface area contributed by atoms with Crippen LogP contribution in [0.25, 0.3) is 0 Å². The number of nitrogens with one attached hydrogen (secondary N) is 1. The summed E-state index contributed by atoms with van der Waals surface area (Å²) in [5.74, 6) is -1.10. The first kappa shape index (κ1) is 13.5. The number of benzene rings is 1. The summed E-state index contributed by atoms with van der Waals surface area (Å²) in [4.78, 5) is 22.3. The van der Waals surface area contributed by atoms with Crippen molar-refractivity contribution in [1.29, 1.82) is 0 Å². The maximum absolute atomic E-state index is 11.7. The first-order chi connectivity index (χ1) is 9.58. The molecule has 0 atom stereocenters. The second-order valence-electron chi connectivity index (χ2n) is 4.00. The number of hydrazone groups is 1. The summed E-state index contributed by atoms with van der Waals surface area (Å²) in [5, 5.41) is 14.4. The Kier molecular flexibility index (Phi) is 3.95. The molecule has 20 heavy (non-hydrogen) atoms. The van der Waals surface area contributed by atoms with Crippen molar-refractivity contribution in [3.05, 3.63) is 59.0 Å². The second kappa shape index (κ2) is 5.83. The zero-order chi connectivity index (χ0) is 14.5. The van der Waals surface area contributed by atoms with Gasteiger partial charge in [-0.05, 0) is 24.1 Å². The standard InChI is InChI=1S/C14H12N2O4/c1-9-12(6-7-20-9)13(17)16-15-8-10-2-4-11(5-3-10)14(18)19/h2-8H,1H3,(H,16,17)(H,18,19)/p-1/b15-8-. The number of furan rings is 1. The highest BCUT2D eigenvalue weighted by Gasteiger charge is 2.09. The number of nitrogens with zero attached hydrogens (tertiary/aromatic N) is 1. The lowest BCUT2D eigenvalue weighted by molar-refractivity contribution is -0.255. The summed E-state index contributed by atoms with van der Waals surface area (Å²) in [7, 11) is 0. The molecule has 1 heterocycles. The lowest BCUT2D eigenvalue weighted by atomic mass is 10.1. The molecule has 0 spiro atoms. The Morgan fingerprint density at radius 1 is 1.25 bits per heavy atom. The van der Waals surface area contributed by atoms with Crippen LogP contribution in [0.15, 0.2) is 46.1 Å². The van der Waals surface area contributed by atoms with Gasteiger partial charge < -0.3 is 14.3 Å². The van der Waals surface area contributed by atoms with E-state index in [4.69, 9.17) is 4.42 Å². The third-order valence-electron chi connectivity index (χ3n) is 2.63. The number of hydrogen-bond donors (Lipinski definition) is 1. The third kappa shape index (κ3) is 3.11. The molecule has 102 valence electrons. The van der Waals surface area contributed by atoms with Crippen LogP contribution in [-0.2, 0) is 0 Å². The smallest absolute Gasteiger partial charge is 0.274 e. The lowest BCUT2D eigenvalue weighted by Crippen LogP contribution is -2.22. The predicted octanol–water partition coefficient (Wildman–Crippen LogP) is 0.715. The fourth-order valence-corrected chi connectivity index (χ4v) is 1.55. The summed E-state index contributed by atoms with van der Waals surface area (Å²) < 4.78 is 5.01. The van der Waals surface area contributed by atoms with Gasteiger partial charge in [0, 0.05) is 0 Å². The van der Waals surface area contributed by atoms with E-state index in [9.17, 15) is 14.7 Å². The molecule has 0 aliphatic carbocycles. The third-order valence-corrected chi connectivity index (χ3v) is 2.63. The van der Waals surface area contributed by atoms with Crippen LogP contribution in [0, 0.1) is 6.92 Å². The Balaban J connectivity index is 1.98. The highest BCUT2D eigenvalue weighted by Crippen LogP contribution is 2.08. The van der Waals surface area contributed by atoms with Gasteiger partial charge in [0.15, 0.2) is 0 Å². The van der Waals surface area contributed by atoms with E-state index in [1.54, 1.807) is 25.1 Å². The first-order valence-electron chi connectivity index (χ1n) is 5.77. The van der Waals surface area contributed by atoms with Gasteiger partial charge in [0.25, 0.3) is 5.91 Å². The van der Waals surface area contributed by atoms with Crippen molar-refractivity contribution in [2.24, 2.45) is 5.10 Å². The van der Waals surface area contributed by atoms with E-state index in [1.165, 1.54) is 24.6 Å². The molecular weight excluding hydrogens is 260 g/mol. The molecule has 0 saturated heterocycles. The summed E-state index contributed by atoms with van der Waals surface area (Å²) in [5.41, 5.74) is 3.50. The van der Waals surface area contributed by atoms with Gasteiger partial charge in [0.1, 0.15) is 5.76 Å². The van der Waals surface area contributed by atoms with Gasteiger partial charge in [0.2, 0.25) is 0 Å². The molecule has 1 aromatic heterocycles. The molecule has 0 saturated carbocycles. The molecule has 2 rings (SSSR count). The average molecular weight is 271 g/mol. The number of carboxylic acids is 1. The topological polar surface area (TPSA) is 94.7 Å². The minimum Gasteiger partial charge on any atom is -0.545 e. The molecule has 0 aliphatic heterocycles. The second-order valence-corrected chi connectivity index (χ2v) is 4.00. The fourth-order valence-electron chi connectivity index (χ4n) is 1.55. The van der Waals surface area contributed by atoms with Crippen LogP contribution in [-0.4, -0.2) is 18.1 Å². The van der Waals surface area contributed by atoms with Crippen molar-refractivity contribution >= 4 is 18.1 Å². The number of carbonyl (C=O) groups is 2. The highest BCUT2D eigenvalue weighted by atomic mass is 16.4. The number of amides is 1. The Morgan fingerprint density at radius 3 is 2.50 bits per heavy atom. The number of carbonyl (C=O) groups excluding carboxylic acids is 2. The van der Waals surface area contributed by atoms with E-state index in [0.717, 1.165) is 0 Å². The van der Waals surface area contributed by atoms with Gasteiger partial charge in [0.05, 0.1) is 24.0 Å². The highest BCUT2D eigenvalue weighted by molar-refractivity contribution is 5.95. The predicted molar refractivity (Wildman–Crippen MR) is 69.3 cm³/mol. The zero-order valence-electron chi connectivity index (χ0n) is 10.6. The summed E-state index contributed by atoms with van der Waals surface area (Å²) in [6, 6.07) is 7.47. The van der Waals surface area contributed by atoms with Gasteiger partial charge in [-0.25, -0.2) is 5.43 Å². The molecule has 1 aromatic carbocycles. The zero-order valence-corrected chi connectivity index (χ0v) is 10.6. The van der Waals surface area contributed by atoms with Gasteiger partial charge in [-0.3, -0.25) is 4.79 Å². The van der Waals surface area contributed by atoms with Crippen LogP contribution in [0.5, 0.6) is 0 Å². The summed E-state index contributed by atoms with van der Waals surface area (Å²) in [6.07, 6.45) is 2.83. The van der Waals surface area contributed by atoms with Crippen LogP contribution in [0.1, 0.15) is 32.0 Å². The van der Waals surface area contributed by atoms with Gasteiger partial charge >= 0.3 is 0 Å². The van der Waals surface area contributed by atoms with E-state index in [0.29, 0.717) is 16.9 Å². The molecule has 0 radical (unpaired) electrons. The fraction of sp³-hybridized carbons (Fsp3) is 0.0714. The molecule has 0 bridgehead atoms. The number of aromatic carboxylic acids is 1. The maximum Gasteiger partial charge on any atom is 0.274 e. The number of rotatable bonds is 4. The molecule has 0 unspecified atom stereocenters. The van der Waals surface area contributed by atoms with Gasteiger partial charge in [-0.1, -0.05) is 24.3 Å². The molecule has 6 heteroatoms. The van der Waals surface area contributed by atoms with Crippen molar-refractivity contribution in [2.45, 2.75) is 6.92 Å². The number of hydrogen-bond acceptors (Lipinski definition) is 5. The Hall–Kier alpha value is -2.89. The van der Waals surface area contributed by atoms with Crippen molar-refractivity contribution < 1.29 is 19.1 Å². The van der Waals surface area contributed by atoms with Crippen LogP contribution in [0.4, 0.5) is 0 Å². The summed E-state index contributed by atoms with van der Waals surface area (Å²) >= 11 is 0. The Labute approximate surface area is 114 Å². The van der Waals surface area contributed by atoms with E-state index in [1.807, 2.05) is 0 Å². The van der Waals surface area contributed by atoms with Crippen LogP contribution in [0.2, 0.25) is 0 Å². The molecule has 1 N–H and O–H groups in total. The van der Waals surface area contributed by atoms with Crippen molar-refractivity contribution in [3.8, 4) is 0 Å². The normalized spacial score (nSPS) is 10.7. The maximum atomic E-state index is 11.7. The largest absolute Gasteiger partial charge is 0.545 e. The van der Waals surface area contributed by atoms with E-state index in [2.05, 4.69) is 10.5 Å². The van der Waals surface area contributed by atoms with Gasteiger partial charge in [-0.15, -0.1) is 0 Å². The Morgan fingerprint density at radius 2 is 1.95 bits per heavy atom. The number of carboxylic acid groups (broad SMARTS) is 1. The Bertz CT molecular complexity index is 656.